The summed E-state index contributed by atoms with van der Waals surface area (Å²) >= 11 is 0. The molecule has 3 N–H and O–H groups in total. The Bertz CT molecular complexity index is 1440. The molecule has 4 aromatic rings. The Labute approximate surface area is 216 Å². The summed E-state index contributed by atoms with van der Waals surface area (Å²) in [5.41, 5.74) is 7.10. The van der Waals surface area contributed by atoms with Gasteiger partial charge in [-0.05, 0) is 78.9 Å². The molecule has 0 aliphatic carbocycles. The minimum atomic E-state index is -0.929. The molecule has 0 spiro atoms. The quantitative estimate of drug-likeness (QED) is 0.283. The first-order valence-corrected chi connectivity index (χ1v) is 12.2. The van der Waals surface area contributed by atoms with Crippen LogP contribution in [0.4, 0.5) is 11.5 Å². The normalized spacial score (nSPS) is 11.5. The first-order chi connectivity index (χ1) is 17.9. The van der Waals surface area contributed by atoms with Gasteiger partial charge in [0.2, 0.25) is 0 Å². The molecule has 0 aliphatic heterocycles. The molecule has 188 valence electrons. The maximum Gasteiger partial charge on any atom is 0.326 e. The predicted octanol–water partition coefficient (Wildman–Crippen LogP) is 5.04. The maximum absolute atomic E-state index is 12.1. The van der Waals surface area contributed by atoms with Gasteiger partial charge in [0.15, 0.2) is 0 Å². The minimum Gasteiger partial charge on any atom is -0.480 e. The van der Waals surface area contributed by atoms with E-state index in [-0.39, 0.29) is 0 Å². The number of hydrogen-bond donors (Lipinski definition) is 3. The van der Waals surface area contributed by atoms with Crippen LogP contribution in [0.3, 0.4) is 0 Å². The Morgan fingerprint density at radius 3 is 2.59 bits per heavy atom. The van der Waals surface area contributed by atoms with Crippen molar-refractivity contribution >= 4 is 17.5 Å². The Kier molecular flexibility index (Phi) is 7.84. The van der Waals surface area contributed by atoms with Crippen LogP contribution >= 0.6 is 0 Å². The zero-order chi connectivity index (χ0) is 26.4. The van der Waals surface area contributed by atoms with Crippen LogP contribution in [-0.2, 0) is 24.2 Å². The van der Waals surface area contributed by atoms with Crippen LogP contribution in [0.5, 0.6) is 0 Å². The zero-order valence-electron chi connectivity index (χ0n) is 21.2. The van der Waals surface area contributed by atoms with Crippen molar-refractivity contribution in [1.82, 2.24) is 14.8 Å². The first-order valence-electron chi connectivity index (χ1n) is 12.2. The van der Waals surface area contributed by atoms with Crippen molar-refractivity contribution in [3.8, 4) is 11.8 Å². The first kappa shape index (κ1) is 25.5. The molecular formula is C29H30N6O2. The van der Waals surface area contributed by atoms with Crippen LogP contribution in [0.25, 0.3) is 5.69 Å². The zero-order valence-corrected chi connectivity index (χ0v) is 21.2. The van der Waals surface area contributed by atoms with Gasteiger partial charge in [0.05, 0.1) is 23.5 Å². The third-order valence-electron chi connectivity index (χ3n) is 6.21. The van der Waals surface area contributed by atoms with Gasteiger partial charge in [-0.25, -0.2) is 14.5 Å². The monoisotopic (exact) mass is 494 g/mol. The number of nitriles is 1. The van der Waals surface area contributed by atoms with E-state index in [4.69, 9.17) is 0 Å². The van der Waals surface area contributed by atoms with Crippen LogP contribution in [0.1, 0.15) is 40.3 Å². The van der Waals surface area contributed by atoms with Crippen LogP contribution in [0, 0.1) is 25.2 Å². The van der Waals surface area contributed by atoms with E-state index >= 15 is 0 Å². The van der Waals surface area contributed by atoms with E-state index in [0.717, 1.165) is 45.0 Å². The van der Waals surface area contributed by atoms with Gasteiger partial charge in [-0.2, -0.15) is 10.4 Å². The standard InChI is InChI=1S/C29H30N6O2/c1-4-24-13-22(15-30)12-20(3)28(24)34-26(29(36)37)14-21-5-7-25(8-6-21)35-18-23(17-33-35)16-32-27-11-19(2)9-10-31-27/h5-13,17-18,26,34H,4,14,16H2,1-3H3,(H,31,32)(H,36,37). The van der Waals surface area contributed by atoms with Crippen molar-refractivity contribution in [1.29, 1.82) is 5.26 Å². The summed E-state index contributed by atoms with van der Waals surface area (Å²) in [6, 6.07) is 16.6. The Morgan fingerprint density at radius 2 is 1.92 bits per heavy atom. The summed E-state index contributed by atoms with van der Waals surface area (Å²) in [7, 11) is 0. The number of anilines is 2. The van der Waals surface area contributed by atoms with Gasteiger partial charge in [0.1, 0.15) is 11.9 Å². The highest BCUT2D eigenvalue weighted by Crippen LogP contribution is 2.25. The molecule has 2 aromatic heterocycles. The molecule has 8 heteroatoms. The molecule has 8 nitrogen and oxygen atoms in total. The van der Waals surface area contributed by atoms with Crippen molar-refractivity contribution in [2.24, 2.45) is 0 Å². The van der Waals surface area contributed by atoms with Gasteiger partial charge in [0, 0.05) is 36.6 Å². The molecule has 37 heavy (non-hydrogen) atoms. The van der Waals surface area contributed by atoms with Gasteiger partial charge >= 0.3 is 5.97 Å². The number of carboxylic acids is 1. The second-order valence-corrected chi connectivity index (χ2v) is 9.06. The molecule has 0 amide bonds. The molecule has 0 aliphatic rings. The fraction of sp³-hybridized carbons (Fsp3) is 0.241. The molecule has 4 rings (SSSR count). The average molecular weight is 495 g/mol. The lowest BCUT2D eigenvalue weighted by molar-refractivity contribution is -0.137. The highest BCUT2D eigenvalue weighted by atomic mass is 16.4. The summed E-state index contributed by atoms with van der Waals surface area (Å²) in [6.07, 6.45) is 6.56. The van der Waals surface area contributed by atoms with E-state index in [1.807, 2.05) is 75.6 Å². The molecule has 2 heterocycles. The topological polar surface area (TPSA) is 116 Å². The molecule has 1 atom stereocenters. The predicted molar refractivity (Wildman–Crippen MR) is 144 cm³/mol. The fourth-order valence-electron chi connectivity index (χ4n) is 4.22. The summed E-state index contributed by atoms with van der Waals surface area (Å²) in [6.45, 7) is 6.52. The second-order valence-electron chi connectivity index (χ2n) is 9.06. The fourth-order valence-corrected chi connectivity index (χ4v) is 4.22. The number of hydrogen-bond acceptors (Lipinski definition) is 6. The SMILES string of the molecule is CCc1cc(C#N)cc(C)c1NC(Cc1ccc(-n2cc(CNc3cc(C)ccn3)cn2)cc1)C(=O)O. The van der Waals surface area contributed by atoms with Gasteiger partial charge in [0.25, 0.3) is 0 Å². The summed E-state index contributed by atoms with van der Waals surface area (Å²) in [5, 5.41) is 30.1. The van der Waals surface area contributed by atoms with E-state index in [1.54, 1.807) is 16.9 Å². The number of nitrogens with zero attached hydrogens (tertiary/aromatic N) is 4. The Morgan fingerprint density at radius 1 is 1.14 bits per heavy atom. The Balaban J connectivity index is 1.43. The van der Waals surface area contributed by atoms with Gasteiger partial charge in [-0.1, -0.05) is 19.1 Å². The summed E-state index contributed by atoms with van der Waals surface area (Å²) in [5.74, 6) is -0.108. The van der Waals surface area contributed by atoms with Crippen molar-refractivity contribution in [3.05, 3.63) is 101 Å². The van der Waals surface area contributed by atoms with Gasteiger partial charge in [-0.15, -0.1) is 0 Å². The summed E-state index contributed by atoms with van der Waals surface area (Å²) < 4.78 is 1.80. The third-order valence-corrected chi connectivity index (χ3v) is 6.21. The molecule has 1 unspecified atom stereocenters. The van der Waals surface area contributed by atoms with E-state index in [1.165, 1.54) is 0 Å². The number of aromatic nitrogens is 3. The van der Waals surface area contributed by atoms with Crippen molar-refractivity contribution < 1.29 is 9.90 Å². The highest BCUT2D eigenvalue weighted by Gasteiger charge is 2.20. The lowest BCUT2D eigenvalue weighted by Gasteiger charge is -2.20. The van der Waals surface area contributed by atoms with E-state index in [0.29, 0.717) is 24.9 Å². The second kappa shape index (κ2) is 11.4. The Hall–Kier alpha value is -4.64. The molecule has 2 aromatic carbocycles. The van der Waals surface area contributed by atoms with Crippen LogP contribution in [-0.4, -0.2) is 31.9 Å². The molecule has 0 saturated carbocycles. The van der Waals surface area contributed by atoms with Gasteiger partial charge in [-0.3, -0.25) is 0 Å². The van der Waals surface area contributed by atoms with E-state index in [2.05, 4.69) is 26.8 Å². The van der Waals surface area contributed by atoms with Gasteiger partial charge < -0.3 is 15.7 Å². The molecular weight excluding hydrogens is 464 g/mol. The number of nitrogens with one attached hydrogen (secondary N) is 2. The lowest BCUT2D eigenvalue weighted by atomic mass is 9.99. The maximum atomic E-state index is 12.1. The van der Waals surface area contributed by atoms with Crippen LogP contribution in [0.2, 0.25) is 0 Å². The number of benzene rings is 2. The molecule has 0 radical (unpaired) electrons. The number of aliphatic carboxylic acids is 1. The lowest BCUT2D eigenvalue weighted by Crippen LogP contribution is -2.32. The van der Waals surface area contributed by atoms with Crippen LogP contribution in [0.15, 0.2) is 67.1 Å². The largest absolute Gasteiger partial charge is 0.480 e. The summed E-state index contributed by atoms with van der Waals surface area (Å²) in [4.78, 5) is 16.4. The van der Waals surface area contributed by atoms with Crippen molar-refractivity contribution in [2.75, 3.05) is 10.6 Å². The smallest absolute Gasteiger partial charge is 0.326 e. The molecule has 0 fully saturated rings. The van der Waals surface area contributed by atoms with Crippen molar-refractivity contribution in [3.63, 3.8) is 0 Å². The van der Waals surface area contributed by atoms with E-state index in [9.17, 15) is 15.2 Å². The number of aryl methyl sites for hydroxylation is 3. The minimum absolute atomic E-state index is 0.315. The third kappa shape index (κ3) is 6.33. The van der Waals surface area contributed by atoms with E-state index < -0.39 is 12.0 Å². The molecule has 0 saturated heterocycles. The van der Waals surface area contributed by atoms with Crippen LogP contribution < -0.4 is 10.6 Å². The number of carbonyl (C=O) groups is 1. The highest BCUT2D eigenvalue weighted by molar-refractivity contribution is 5.79. The van der Waals surface area contributed by atoms with Crippen molar-refractivity contribution in [2.45, 2.75) is 46.2 Å². The number of carboxylic acid groups (broad SMARTS) is 1. The average Bonchev–Trinajstić information content (AvgIpc) is 3.37. The number of pyridine rings is 1. The molecule has 0 bridgehead atoms. The number of rotatable bonds is 10.